The quantitative estimate of drug-likeness (QED) is 0.654. The van der Waals surface area contributed by atoms with Crippen molar-refractivity contribution in [3.05, 3.63) is 0 Å². The van der Waals surface area contributed by atoms with Crippen LogP contribution in [-0.4, -0.2) is 25.3 Å². The fourth-order valence-corrected chi connectivity index (χ4v) is 1.76. The Hall–Kier alpha value is -0.590. The second kappa shape index (κ2) is 6.81. The van der Waals surface area contributed by atoms with E-state index in [2.05, 4.69) is 11.4 Å². The van der Waals surface area contributed by atoms with Crippen molar-refractivity contribution >= 4 is 0 Å². The van der Waals surface area contributed by atoms with E-state index in [1.807, 2.05) is 13.8 Å². The lowest BCUT2D eigenvalue weighted by molar-refractivity contribution is 0.0967. The topological polar surface area (TPSA) is 45.0 Å². The predicted octanol–water partition coefficient (Wildman–Crippen LogP) is 2.08. The number of nitrogens with zero attached hydrogens (tertiary/aromatic N) is 1. The van der Waals surface area contributed by atoms with Gasteiger partial charge in [-0.3, -0.25) is 5.32 Å². The highest BCUT2D eigenvalue weighted by Gasteiger charge is 2.17. The molecule has 1 aliphatic carbocycles. The summed E-state index contributed by atoms with van der Waals surface area (Å²) >= 11 is 0. The van der Waals surface area contributed by atoms with Crippen molar-refractivity contribution < 1.29 is 4.74 Å². The van der Waals surface area contributed by atoms with Crippen LogP contribution < -0.4 is 5.32 Å². The summed E-state index contributed by atoms with van der Waals surface area (Å²) < 4.78 is 5.51. The van der Waals surface area contributed by atoms with E-state index in [1.165, 1.54) is 25.7 Å². The summed E-state index contributed by atoms with van der Waals surface area (Å²) in [5, 5.41) is 12.0. The maximum absolute atomic E-state index is 8.85. The minimum absolute atomic E-state index is 0.161. The van der Waals surface area contributed by atoms with Crippen LogP contribution in [-0.2, 0) is 4.74 Å². The third kappa shape index (κ3) is 5.15. The Bertz CT molecular complexity index is 206. The molecule has 3 nitrogen and oxygen atoms in total. The van der Waals surface area contributed by atoms with Gasteiger partial charge in [-0.2, -0.15) is 5.26 Å². The Balaban J connectivity index is 1.98. The third-order valence-corrected chi connectivity index (χ3v) is 2.87. The van der Waals surface area contributed by atoms with Crippen molar-refractivity contribution in [2.75, 3.05) is 13.2 Å². The lowest BCUT2D eigenvalue weighted by Gasteiger charge is -2.25. The van der Waals surface area contributed by atoms with Gasteiger partial charge in [0, 0.05) is 12.6 Å². The second-order valence-corrected chi connectivity index (χ2v) is 4.66. The van der Waals surface area contributed by atoms with Crippen molar-refractivity contribution in [3.63, 3.8) is 0 Å². The van der Waals surface area contributed by atoms with Gasteiger partial charge in [0.15, 0.2) is 0 Å². The van der Waals surface area contributed by atoms with Gasteiger partial charge in [0.1, 0.15) is 6.04 Å². The van der Waals surface area contributed by atoms with Crippen LogP contribution in [0.15, 0.2) is 0 Å². The molecule has 0 amide bonds. The first kappa shape index (κ1) is 12.5. The van der Waals surface area contributed by atoms with E-state index in [1.54, 1.807) is 0 Å². The van der Waals surface area contributed by atoms with Crippen molar-refractivity contribution in [2.45, 2.75) is 51.6 Å². The largest absolute Gasteiger partial charge is 0.379 e. The summed E-state index contributed by atoms with van der Waals surface area (Å²) in [6.07, 6.45) is 5.30. The SMILES string of the molecule is CC(C)NC(C#N)COCCC1CCC1. The van der Waals surface area contributed by atoms with E-state index >= 15 is 0 Å². The molecule has 0 radical (unpaired) electrons. The molecule has 86 valence electrons. The first-order valence-electron chi connectivity index (χ1n) is 5.95. The van der Waals surface area contributed by atoms with Gasteiger partial charge < -0.3 is 4.74 Å². The van der Waals surface area contributed by atoms with Gasteiger partial charge in [-0.25, -0.2) is 0 Å². The molecule has 1 unspecified atom stereocenters. The van der Waals surface area contributed by atoms with Gasteiger partial charge in [0.25, 0.3) is 0 Å². The molecule has 0 spiro atoms. The summed E-state index contributed by atoms with van der Waals surface area (Å²) in [6, 6.07) is 2.39. The first-order valence-corrected chi connectivity index (χ1v) is 5.95. The molecule has 1 fully saturated rings. The average molecular weight is 210 g/mol. The molecule has 0 aromatic carbocycles. The van der Waals surface area contributed by atoms with Gasteiger partial charge in [-0.15, -0.1) is 0 Å². The van der Waals surface area contributed by atoms with E-state index in [9.17, 15) is 0 Å². The Morgan fingerprint density at radius 1 is 1.47 bits per heavy atom. The lowest BCUT2D eigenvalue weighted by Crippen LogP contribution is -2.37. The number of nitrogens with one attached hydrogen (secondary N) is 1. The molecule has 0 aromatic heterocycles. The highest BCUT2D eigenvalue weighted by molar-refractivity contribution is 4.90. The highest BCUT2D eigenvalue weighted by Crippen LogP contribution is 2.29. The highest BCUT2D eigenvalue weighted by atomic mass is 16.5. The molecule has 15 heavy (non-hydrogen) atoms. The van der Waals surface area contributed by atoms with Crippen LogP contribution >= 0.6 is 0 Å². The molecule has 1 aliphatic rings. The maximum Gasteiger partial charge on any atom is 0.119 e. The summed E-state index contributed by atoms with van der Waals surface area (Å²) in [6.45, 7) is 5.40. The molecule has 0 bridgehead atoms. The Morgan fingerprint density at radius 2 is 2.20 bits per heavy atom. The third-order valence-electron chi connectivity index (χ3n) is 2.87. The van der Waals surface area contributed by atoms with Crippen molar-refractivity contribution in [3.8, 4) is 6.07 Å². The van der Waals surface area contributed by atoms with Crippen LogP contribution in [0, 0.1) is 17.2 Å². The minimum Gasteiger partial charge on any atom is -0.379 e. The molecule has 0 heterocycles. The molecule has 1 rings (SSSR count). The summed E-state index contributed by atoms with van der Waals surface area (Å²) in [7, 11) is 0. The van der Waals surface area contributed by atoms with Crippen molar-refractivity contribution in [1.29, 1.82) is 5.26 Å². The average Bonchev–Trinajstić information content (AvgIpc) is 2.12. The smallest absolute Gasteiger partial charge is 0.119 e. The number of ether oxygens (including phenoxy) is 1. The normalized spacial score (nSPS) is 18.5. The zero-order valence-corrected chi connectivity index (χ0v) is 9.83. The Morgan fingerprint density at radius 3 is 2.67 bits per heavy atom. The predicted molar refractivity (Wildman–Crippen MR) is 60.4 cm³/mol. The first-order chi connectivity index (χ1) is 7.22. The Labute approximate surface area is 92.8 Å². The Kier molecular flexibility index (Phi) is 5.67. The van der Waals surface area contributed by atoms with E-state index in [4.69, 9.17) is 10.00 Å². The van der Waals surface area contributed by atoms with Crippen LogP contribution in [0.3, 0.4) is 0 Å². The monoisotopic (exact) mass is 210 g/mol. The van der Waals surface area contributed by atoms with Crippen LogP contribution in [0.2, 0.25) is 0 Å². The molecule has 0 aliphatic heterocycles. The zero-order valence-electron chi connectivity index (χ0n) is 9.83. The van der Waals surface area contributed by atoms with Gasteiger partial charge in [-0.05, 0) is 26.2 Å². The molecular weight excluding hydrogens is 188 g/mol. The number of nitriles is 1. The van der Waals surface area contributed by atoms with Gasteiger partial charge >= 0.3 is 0 Å². The molecular formula is C12H22N2O. The summed E-state index contributed by atoms with van der Waals surface area (Å²) in [5.74, 6) is 0.892. The van der Waals surface area contributed by atoms with Crippen LogP contribution in [0.25, 0.3) is 0 Å². The summed E-state index contributed by atoms with van der Waals surface area (Å²) in [5.41, 5.74) is 0. The molecule has 1 N–H and O–H groups in total. The van der Waals surface area contributed by atoms with Crippen molar-refractivity contribution in [2.24, 2.45) is 5.92 Å². The van der Waals surface area contributed by atoms with E-state index < -0.39 is 0 Å². The van der Waals surface area contributed by atoms with E-state index in [0.29, 0.717) is 12.6 Å². The number of hydrogen-bond acceptors (Lipinski definition) is 3. The summed E-state index contributed by atoms with van der Waals surface area (Å²) in [4.78, 5) is 0. The molecule has 1 saturated carbocycles. The second-order valence-electron chi connectivity index (χ2n) is 4.66. The standard InChI is InChI=1S/C12H22N2O/c1-10(2)14-12(8-13)9-15-7-6-11-4-3-5-11/h10-12,14H,3-7,9H2,1-2H3. The fourth-order valence-electron chi connectivity index (χ4n) is 1.76. The number of hydrogen-bond donors (Lipinski definition) is 1. The van der Waals surface area contributed by atoms with Crippen LogP contribution in [0.4, 0.5) is 0 Å². The van der Waals surface area contributed by atoms with Gasteiger partial charge in [0.2, 0.25) is 0 Å². The molecule has 3 heteroatoms. The number of rotatable bonds is 7. The van der Waals surface area contributed by atoms with E-state index in [0.717, 1.165) is 12.5 Å². The van der Waals surface area contributed by atoms with Crippen LogP contribution in [0.1, 0.15) is 39.5 Å². The van der Waals surface area contributed by atoms with Gasteiger partial charge in [-0.1, -0.05) is 19.3 Å². The van der Waals surface area contributed by atoms with Crippen molar-refractivity contribution in [1.82, 2.24) is 5.32 Å². The fraction of sp³-hybridized carbons (Fsp3) is 0.917. The van der Waals surface area contributed by atoms with E-state index in [-0.39, 0.29) is 6.04 Å². The molecule has 1 atom stereocenters. The lowest BCUT2D eigenvalue weighted by atomic mass is 9.83. The molecule has 0 saturated heterocycles. The minimum atomic E-state index is -0.161. The maximum atomic E-state index is 8.85. The van der Waals surface area contributed by atoms with Crippen LogP contribution in [0.5, 0.6) is 0 Å². The molecule has 0 aromatic rings. The van der Waals surface area contributed by atoms with Gasteiger partial charge in [0.05, 0.1) is 12.7 Å². The zero-order chi connectivity index (χ0) is 11.1.